The Morgan fingerprint density at radius 3 is 2.61 bits per heavy atom. The van der Waals surface area contributed by atoms with E-state index in [9.17, 15) is 4.79 Å². The van der Waals surface area contributed by atoms with Crippen LogP contribution in [0.2, 0.25) is 0 Å². The summed E-state index contributed by atoms with van der Waals surface area (Å²) in [6.07, 6.45) is 3.33. The number of imidazole rings is 1. The quantitative estimate of drug-likeness (QED) is 0.300. The molecule has 0 aliphatic carbocycles. The van der Waals surface area contributed by atoms with Crippen molar-refractivity contribution in [1.82, 2.24) is 14.9 Å². The lowest BCUT2D eigenvalue weighted by Gasteiger charge is -2.14. The van der Waals surface area contributed by atoms with Crippen LogP contribution in [0.5, 0.6) is 5.75 Å². The standard InChI is InChI=1S/C28H33N3O2/c1-3-21(4-2)28(32)29-18-17-27-30-24-14-7-8-15-25(24)31(27)19-10-20-33-26-16-9-12-22-11-5-6-13-23(22)26/h5-9,11-16,21H,3-4,10,17-20H2,1-2H3,(H,29,32). The van der Waals surface area contributed by atoms with Crippen LogP contribution in [0.25, 0.3) is 21.8 Å². The first-order chi connectivity index (χ1) is 16.2. The minimum absolute atomic E-state index is 0.0926. The number of hydrogen-bond acceptors (Lipinski definition) is 3. The van der Waals surface area contributed by atoms with Gasteiger partial charge in [-0.15, -0.1) is 0 Å². The fourth-order valence-corrected chi connectivity index (χ4v) is 4.39. The van der Waals surface area contributed by atoms with E-state index in [4.69, 9.17) is 9.72 Å². The Bertz CT molecular complexity index is 1200. The maximum Gasteiger partial charge on any atom is 0.223 e. The summed E-state index contributed by atoms with van der Waals surface area (Å²) in [6, 6.07) is 22.7. The Labute approximate surface area is 195 Å². The second-order valence-electron chi connectivity index (χ2n) is 8.40. The molecule has 33 heavy (non-hydrogen) atoms. The third kappa shape index (κ3) is 5.36. The van der Waals surface area contributed by atoms with E-state index in [1.807, 2.05) is 42.5 Å². The zero-order chi connectivity index (χ0) is 23.0. The van der Waals surface area contributed by atoms with E-state index >= 15 is 0 Å². The molecular formula is C28H33N3O2. The van der Waals surface area contributed by atoms with Gasteiger partial charge in [-0.2, -0.15) is 0 Å². The van der Waals surface area contributed by atoms with E-state index < -0.39 is 0 Å². The molecule has 0 aliphatic rings. The van der Waals surface area contributed by atoms with Gasteiger partial charge in [-0.3, -0.25) is 4.79 Å². The highest BCUT2D eigenvalue weighted by atomic mass is 16.5. The minimum atomic E-state index is 0.0926. The monoisotopic (exact) mass is 443 g/mol. The number of nitrogens with one attached hydrogen (secondary N) is 1. The number of carbonyl (C=O) groups excluding carboxylic acids is 1. The van der Waals surface area contributed by atoms with Crippen LogP contribution in [0.1, 0.15) is 38.9 Å². The van der Waals surface area contributed by atoms with Crippen molar-refractivity contribution in [3.05, 3.63) is 72.6 Å². The van der Waals surface area contributed by atoms with Gasteiger partial charge in [-0.1, -0.05) is 62.4 Å². The van der Waals surface area contributed by atoms with Gasteiger partial charge in [0.15, 0.2) is 0 Å². The first-order valence-electron chi connectivity index (χ1n) is 12.0. The number of aromatic nitrogens is 2. The first-order valence-corrected chi connectivity index (χ1v) is 12.0. The summed E-state index contributed by atoms with van der Waals surface area (Å²) in [5.74, 6) is 2.17. The SMILES string of the molecule is CCC(CC)C(=O)NCCc1nc2ccccc2n1CCCOc1cccc2ccccc12. The van der Waals surface area contributed by atoms with Crippen LogP contribution < -0.4 is 10.1 Å². The zero-order valence-electron chi connectivity index (χ0n) is 19.6. The number of aryl methyl sites for hydroxylation is 1. The van der Waals surface area contributed by atoms with E-state index in [-0.39, 0.29) is 11.8 Å². The largest absolute Gasteiger partial charge is 0.493 e. The average Bonchev–Trinajstić information content (AvgIpc) is 3.20. The smallest absolute Gasteiger partial charge is 0.223 e. The van der Waals surface area contributed by atoms with Crippen molar-refractivity contribution < 1.29 is 9.53 Å². The van der Waals surface area contributed by atoms with Crippen LogP contribution in [0.15, 0.2) is 66.7 Å². The van der Waals surface area contributed by atoms with Crippen molar-refractivity contribution in [2.45, 2.75) is 46.1 Å². The van der Waals surface area contributed by atoms with Gasteiger partial charge in [-0.05, 0) is 42.8 Å². The summed E-state index contributed by atoms with van der Waals surface area (Å²) in [5, 5.41) is 5.42. The molecule has 1 N–H and O–H groups in total. The molecule has 0 aliphatic heterocycles. The van der Waals surface area contributed by atoms with Crippen LogP contribution in [-0.4, -0.2) is 28.6 Å². The van der Waals surface area contributed by atoms with Crippen LogP contribution in [0.4, 0.5) is 0 Å². The van der Waals surface area contributed by atoms with E-state index in [0.717, 1.165) is 53.8 Å². The molecule has 5 nitrogen and oxygen atoms in total. The van der Waals surface area contributed by atoms with Gasteiger partial charge in [-0.25, -0.2) is 4.98 Å². The second-order valence-corrected chi connectivity index (χ2v) is 8.40. The van der Waals surface area contributed by atoms with Gasteiger partial charge in [0, 0.05) is 30.8 Å². The average molecular weight is 444 g/mol. The summed E-state index contributed by atoms with van der Waals surface area (Å²) in [7, 11) is 0. The highest BCUT2D eigenvalue weighted by Gasteiger charge is 2.15. The summed E-state index contributed by atoms with van der Waals surface area (Å²) in [6.45, 7) is 6.18. The van der Waals surface area contributed by atoms with Gasteiger partial charge in [0.1, 0.15) is 11.6 Å². The third-order valence-corrected chi connectivity index (χ3v) is 6.27. The van der Waals surface area contributed by atoms with E-state index in [2.05, 4.69) is 48.0 Å². The molecule has 4 rings (SSSR count). The van der Waals surface area contributed by atoms with Crippen LogP contribution in [0.3, 0.4) is 0 Å². The Kier molecular flexibility index (Phi) is 7.61. The number of nitrogens with zero attached hydrogens (tertiary/aromatic N) is 2. The van der Waals surface area contributed by atoms with Gasteiger partial charge < -0.3 is 14.6 Å². The summed E-state index contributed by atoms with van der Waals surface area (Å²) in [4.78, 5) is 17.2. The molecule has 5 heteroatoms. The van der Waals surface area contributed by atoms with Crippen molar-refractivity contribution >= 4 is 27.7 Å². The molecule has 0 atom stereocenters. The van der Waals surface area contributed by atoms with Crippen LogP contribution >= 0.6 is 0 Å². The van der Waals surface area contributed by atoms with Crippen molar-refractivity contribution in [2.75, 3.05) is 13.2 Å². The van der Waals surface area contributed by atoms with Gasteiger partial charge in [0.2, 0.25) is 5.91 Å². The maximum atomic E-state index is 12.3. The number of ether oxygens (including phenoxy) is 1. The van der Waals surface area contributed by atoms with Crippen molar-refractivity contribution in [3.8, 4) is 5.75 Å². The third-order valence-electron chi connectivity index (χ3n) is 6.27. The Hall–Kier alpha value is -3.34. The van der Waals surface area contributed by atoms with Crippen molar-refractivity contribution in [2.24, 2.45) is 5.92 Å². The lowest BCUT2D eigenvalue weighted by molar-refractivity contribution is -0.125. The number of hydrogen-bond donors (Lipinski definition) is 1. The molecule has 1 amide bonds. The Morgan fingerprint density at radius 2 is 1.76 bits per heavy atom. The number of benzene rings is 3. The highest BCUT2D eigenvalue weighted by molar-refractivity contribution is 5.88. The molecule has 1 aromatic heterocycles. The zero-order valence-corrected chi connectivity index (χ0v) is 19.6. The van der Waals surface area contributed by atoms with Gasteiger partial charge in [0.25, 0.3) is 0 Å². The van der Waals surface area contributed by atoms with Gasteiger partial charge >= 0.3 is 0 Å². The predicted molar refractivity (Wildman–Crippen MR) is 135 cm³/mol. The Morgan fingerprint density at radius 1 is 1.00 bits per heavy atom. The van der Waals surface area contributed by atoms with Crippen LogP contribution in [0, 0.1) is 5.92 Å². The van der Waals surface area contributed by atoms with Gasteiger partial charge in [0.05, 0.1) is 17.6 Å². The van der Waals surface area contributed by atoms with Crippen molar-refractivity contribution in [1.29, 1.82) is 0 Å². The summed E-state index contributed by atoms with van der Waals surface area (Å²) < 4.78 is 8.41. The summed E-state index contributed by atoms with van der Waals surface area (Å²) in [5.41, 5.74) is 2.12. The summed E-state index contributed by atoms with van der Waals surface area (Å²) >= 11 is 0. The Balaban J connectivity index is 1.40. The molecule has 0 spiro atoms. The van der Waals surface area contributed by atoms with Crippen LogP contribution in [-0.2, 0) is 17.8 Å². The predicted octanol–water partition coefficient (Wildman–Crippen LogP) is 5.75. The molecule has 0 fully saturated rings. The molecule has 172 valence electrons. The van der Waals surface area contributed by atoms with E-state index in [1.165, 1.54) is 5.39 Å². The maximum absolute atomic E-state index is 12.3. The number of carbonyl (C=O) groups is 1. The molecule has 1 heterocycles. The lowest BCUT2D eigenvalue weighted by atomic mass is 10.0. The van der Waals surface area contributed by atoms with E-state index in [0.29, 0.717) is 19.6 Å². The van der Waals surface area contributed by atoms with Crippen molar-refractivity contribution in [3.63, 3.8) is 0 Å². The fraction of sp³-hybridized carbons (Fsp3) is 0.357. The molecular weight excluding hydrogens is 410 g/mol. The minimum Gasteiger partial charge on any atom is -0.493 e. The topological polar surface area (TPSA) is 56.2 Å². The molecule has 0 saturated carbocycles. The number of fused-ring (bicyclic) bond motifs is 2. The number of amides is 1. The highest BCUT2D eigenvalue weighted by Crippen LogP contribution is 2.25. The number of rotatable bonds is 11. The first kappa shape index (κ1) is 22.8. The number of para-hydroxylation sites is 2. The van der Waals surface area contributed by atoms with E-state index in [1.54, 1.807) is 0 Å². The fourth-order valence-electron chi connectivity index (χ4n) is 4.39. The molecule has 0 unspecified atom stereocenters. The lowest BCUT2D eigenvalue weighted by Crippen LogP contribution is -2.32. The molecule has 0 bridgehead atoms. The molecule has 0 radical (unpaired) electrons. The molecule has 4 aromatic rings. The molecule has 3 aromatic carbocycles. The second kappa shape index (κ2) is 11.0. The normalized spacial score (nSPS) is 11.4. The molecule has 0 saturated heterocycles.